The van der Waals surface area contributed by atoms with Gasteiger partial charge < -0.3 is 9.51 Å². The molecule has 2 aromatic carbocycles. The SMILES string of the molecule is Cc1ccc2ncccc2c1-c1cc(-c2c(C)noc2C)cc2[nH]c(N(N)S(=O)(=O)C(C)C)nc12. The number of sulfonamides is 1. The fourth-order valence-corrected chi connectivity index (χ4v) is 5.19. The summed E-state index contributed by atoms with van der Waals surface area (Å²) in [5, 5.41) is 4.37. The van der Waals surface area contributed by atoms with Crippen molar-refractivity contribution >= 4 is 37.9 Å². The zero-order chi connectivity index (χ0) is 25.1. The third kappa shape index (κ3) is 3.65. The van der Waals surface area contributed by atoms with Crippen molar-refractivity contribution in [2.75, 3.05) is 4.41 Å². The van der Waals surface area contributed by atoms with Crippen molar-refractivity contribution in [2.24, 2.45) is 5.84 Å². The van der Waals surface area contributed by atoms with Crippen molar-refractivity contribution in [2.45, 2.75) is 39.9 Å². The average Bonchev–Trinajstić information content (AvgIpc) is 3.40. The molecule has 0 aliphatic carbocycles. The molecule has 0 aliphatic heterocycles. The van der Waals surface area contributed by atoms with Gasteiger partial charge in [0.1, 0.15) is 5.76 Å². The molecule has 5 aromatic rings. The van der Waals surface area contributed by atoms with E-state index in [9.17, 15) is 8.42 Å². The molecule has 3 heterocycles. The molecule has 0 fully saturated rings. The van der Waals surface area contributed by atoms with Crippen LogP contribution in [0.3, 0.4) is 0 Å². The standard InChI is InChI=1S/C25H26N6O3S/c1-13(2)35(32,33)31(26)25-28-21-12-17(23-15(4)30-34-16(23)5)11-19(24(21)29-25)22-14(3)8-9-20-18(22)7-6-10-27-20/h6-13H,26H2,1-5H3,(H,28,29). The van der Waals surface area contributed by atoms with Gasteiger partial charge in [-0.15, -0.1) is 0 Å². The van der Waals surface area contributed by atoms with Crippen LogP contribution in [-0.2, 0) is 10.0 Å². The Morgan fingerprint density at radius 1 is 1.09 bits per heavy atom. The number of benzene rings is 2. The zero-order valence-corrected chi connectivity index (χ0v) is 20.9. The summed E-state index contributed by atoms with van der Waals surface area (Å²) in [6, 6.07) is 11.9. The number of nitrogens with zero attached hydrogens (tertiary/aromatic N) is 4. The van der Waals surface area contributed by atoms with E-state index in [2.05, 4.69) is 20.1 Å². The van der Waals surface area contributed by atoms with Crippen LogP contribution in [0.1, 0.15) is 30.9 Å². The number of rotatable bonds is 5. The van der Waals surface area contributed by atoms with Gasteiger partial charge in [0.2, 0.25) is 5.95 Å². The van der Waals surface area contributed by atoms with E-state index in [0.717, 1.165) is 44.4 Å². The largest absolute Gasteiger partial charge is 0.361 e. The summed E-state index contributed by atoms with van der Waals surface area (Å²) >= 11 is 0. The van der Waals surface area contributed by atoms with E-state index in [4.69, 9.17) is 10.4 Å². The number of hydrazine groups is 1. The van der Waals surface area contributed by atoms with Crippen LogP contribution in [0.2, 0.25) is 0 Å². The maximum Gasteiger partial charge on any atom is 0.253 e. The minimum absolute atomic E-state index is 0.0434. The molecule has 0 atom stereocenters. The number of fused-ring (bicyclic) bond motifs is 2. The molecule has 3 N–H and O–H groups in total. The van der Waals surface area contributed by atoms with Crippen LogP contribution in [0.5, 0.6) is 0 Å². The Hall–Kier alpha value is -3.76. The summed E-state index contributed by atoms with van der Waals surface area (Å²) in [5.74, 6) is 6.77. The van der Waals surface area contributed by atoms with E-state index in [1.54, 1.807) is 20.0 Å². The zero-order valence-electron chi connectivity index (χ0n) is 20.1. The molecule has 35 heavy (non-hydrogen) atoms. The molecule has 5 rings (SSSR count). The first kappa shape index (κ1) is 23.0. The number of aromatic nitrogens is 4. The Balaban J connectivity index is 1.86. The molecule has 0 aliphatic rings. The molecule has 0 radical (unpaired) electrons. The molecule has 3 aromatic heterocycles. The normalized spacial score (nSPS) is 12.2. The number of nitrogens with one attached hydrogen (secondary N) is 1. The highest BCUT2D eigenvalue weighted by Crippen LogP contribution is 2.40. The first-order valence-corrected chi connectivity index (χ1v) is 12.7. The molecular weight excluding hydrogens is 464 g/mol. The third-order valence-electron chi connectivity index (χ3n) is 6.24. The minimum Gasteiger partial charge on any atom is -0.361 e. The van der Waals surface area contributed by atoms with Crippen LogP contribution in [0.4, 0.5) is 5.95 Å². The second-order valence-electron chi connectivity index (χ2n) is 8.90. The number of H-pyrrole nitrogens is 1. The van der Waals surface area contributed by atoms with E-state index in [1.165, 1.54) is 0 Å². The predicted molar refractivity (Wildman–Crippen MR) is 137 cm³/mol. The quantitative estimate of drug-likeness (QED) is 0.268. The summed E-state index contributed by atoms with van der Waals surface area (Å²) in [4.78, 5) is 12.3. The summed E-state index contributed by atoms with van der Waals surface area (Å²) < 4.78 is 31.6. The highest BCUT2D eigenvalue weighted by atomic mass is 32.2. The smallest absolute Gasteiger partial charge is 0.253 e. The van der Waals surface area contributed by atoms with Gasteiger partial charge in [-0.25, -0.2) is 19.2 Å². The van der Waals surface area contributed by atoms with Crippen LogP contribution in [0.25, 0.3) is 44.2 Å². The Morgan fingerprint density at radius 2 is 1.86 bits per heavy atom. The van der Waals surface area contributed by atoms with Gasteiger partial charge in [-0.05, 0) is 75.6 Å². The molecule has 0 saturated heterocycles. The van der Waals surface area contributed by atoms with Gasteiger partial charge in [0.15, 0.2) is 0 Å². The van der Waals surface area contributed by atoms with E-state index in [1.807, 2.05) is 57.2 Å². The van der Waals surface area contributed by atoms with E-state index < -0.39 is 15.3 Å². The number of hydrogen-bond donors (Lipinski definition) is 2. The number of hydrogen-bond acceptors (Lipinski definition) is 7. The van der Waals surface area contributed by atoms with Crippen molar-refractivity contribution in [1.82, 2.24) is 20.1 Å². The number of nitrogens with two attached hydrogens (primary N) is 1. The van der Waals surface area contributed by atoms with E-state index in [-0.39, 0.29) is 5.95 Å². The van der Waals surface area contributed by atoms with E-state index >= 15 is 0 Å². The van der Waals surface area contributed by atoms with Gasteiger partial charge in [0.25, 0.3) is 10.0 Å². The Labute approximate surface area is 203 Å². The molecule has 0 bridgehead atoms. The summed E-state index contributed by atoms with van der Waals surface area (Å²) in [6.45, 7) is 8.93. The van der Waals surface area contributed by atoms with Crippen molar-refractivity contribution < 1.29 is 12.9 Å². The molecule has 10 heteroatoms. The van der Waals surface area contributed by atoms with Crippen molar-refractivity contribution in [3.8, 4) is 22.3 Å². The molecule has 9 nitrogen and oxygen atoms in total. The van der Waals surface area contributed by atoms with Crippen molar-refractivity contribution in [3.63, 3.8) is 0 Å². The summed E-state index contributed by atoms with van der Waals surface area (Å²) in [7, 11) is -3.78. The molecule has 0 amide bonds. The van der Waals surface area contributed by atoms with Crippen LogP contribution in [0.15, 0.2) is 47.1 Å². The number of imidazole rings is 1. The number of aromatic amines is 1. The second-order valence-corrected chi connectivity index (χ2v) is 11.3. The lowest BCUT2D eigenvalue weighted by Gasteiger charge is -2.17. The van der Waals surface area contributed by atoms with Gasteiger partial charge in [-0.1, -0.05) is 17.3 Å². The molecule has 180 valence electrons. The van der Waals surface area contributed by atoms with Gasteiger partial charge in [0, 0.05) is 22.7 Å². The van der Waals surface area contributed by atoms with Crippen LogP contribution < -0.4 is 10.3 Å². The molecule has 0 unspecified atom stereocenters. The summed E-state index contributed by atoms with van der Waals surface area (Å²) in [6.07, 6.45) is 1.76. The van der Waals surface area contributed by atoms with Gasteiger partial charge in [-0.3, -0.25) is 4.98 Å². The lowest BCUT2D eigenvalue weighted by Crippen LogP contribution is -2.42. The van der Waals surface area contributed by atoms with Crippen LogP contribution >= 0.6 is 0 Å². The lowest BCUT2D eigenvalue weighted by molar-refractivity contribution is 0.393. The molecular formula is C25H26N6O3S. The van der Waals surface area contributed by atoms with Crippen molar-refractivity contribution in [1.29, 1.82) is 0 Å². The first-order valence-electron chi connectivity index (χ1n) is 11.2. The highest BCUT2D eigenvalue weighted by molar-refractivity contribution is 7.93. The van der Waals surface area contributed by atoms with Crippen molar-refractivity contribution in [3.05, 3.63) is 59.6 Å². The number of pyridine rings is 1. The fraction of sp³-hybridized carbons (Fsp3) is 0.240. The summed E-state index contributed by atoms with van der Waals surface area (Å²) in [5.41, 5.74) is 7.41. The second kappa shape index (κ2) is 8.17. The van der Waals surface area contributed by atoms with Gasteiger partial charge >= 0.3 is 0 Å². The highest BCUT2D eigenvalue weighted by Gasteiger charge is 2.27. The predicted octanol–water partition coefficient (Wildman–Crippen LogP) is 4.78. The maximum atomic E-state index is 12.7. The fourth-order valence-electron chi connectivity index (χ4n) is 4.41. The lowest BCUT2D eigenvalue weighted by atomic mass is 9.92. The Kier molecular flexibility index (Phi) is 5.37. The topological polar surface area (TPSA) is 131 Å². The minimum atomic E-state index is -3.78. The van der Waals surface area contributed by atoms with Crippen LogP contribution in [0, 0.1) is 20.8 Å². The average molecular weight is 491 g/mol. The Morgan fingerprint density at radius 3 is 2.54 bits per heavy atom. The van der Waals surface area contributed by atoms with E-state index in [0.29, 0.717) is 21.2 Å². The number of anilines is 1. The van der Waals surface area contributed by atoms with Crippen LogP contribution in [-0.4, -0.2) is 33.8 Å². The molecule has 0 spiro atoms. The number of aryl methyl sites for hydroxylation is 3. The molecule has 0 saturated carbocycles. The first-order chi connectivity index (χ1) is 16.6. The van der Waals surface area contributed by atoms with Gasteiger partial charge in [-0.2, -0.15) is 4.41 Å². The maximum absolute atomic E-state index is 12.7. The Bertz CT molecular complexity index is 1680. The monoisotopic (exact) mass is 490 g/mol. The third-order valence-corrected chi connectivity index (χ3v) is 8.15. The van der Waals surface area contributed by atoms with Gasteiger partial charge in [0.05, 0.1) is 27.5 Å².